The SMILES string of the molecule is Clc1nc(-c2ccc3ccccc3c2)c2ccccc2n1.c1ccc2c(c1)Cc1cc3c4ccccc4n4c5ccccc5c(c1-2)c34.c1ccc2cc(-c3nc(-n4c5ccccc5c5c6c7ccccc7n7c8ccccc8c(cc54)c67)nc4ccccc34)ccc2c1. The van der Waals surface area contributed by atoms with Crippen LogP contribution in [-0.2, 0) is 6.42 Å². The second-order valence-corrected chi connectivity index (χ2v) is 24.9. The number of rotatable bonds is 3. The van der Waals surface area contributed by atoms with Crippen molar-refractivity contribution >= 4 is 153 Å². The highest BCUT2D eigenvalue weighted by atomic mass is 35.5. The number of hydrogen-bond donors (Lipinski definition) is 0. The molecule has 0 bridgehead atoms. The molecule has 0 saturated carbocycles. The van der Waals surface area contributed by atoms with Crippen LogP contribution in [0.25, 0.3) is 181 Å². The molecule has 0 atom stereocenters. The number of fused-ring (bicyclic) bond motifs is 24. The van der Waals surface area contributed by atoms with Crippen molar-refractivity contribution in [3.63, 3.8) is 0 Å². The maximum absolute atomic E-state index is 6.07. The van der Waals surface area contributed by atoms with Crippen LogP contribution in [0.3, 0.4) is 0 Å². The lowest BCUT2D eigenvalue weighted by molar-refractivity contribution is 1.01. The molecule has 0 aliphatic heterocycles. The highest BCUT2D eigenvalue weighted by molar-refractivity contribution is 6.36. The van der Waals surface area contributed by atoms with E-state index in [1.165, 1.54) is 131 Å². The molecular formula is C85H50ClN7. The Bertz CT molecular complexity index is 6690. The van der Waals surface area contributed by atoms with Gasteiger partial charge in [-0.15, -0.1) is 0 Å². The van der Waals surface area contributed by atoms with Gasteiger partial charge in [-0.3, -0.25) is 4.57 Å². The van der Waals surface area contributed by atoms with Gasteiger partial charge in [-0.2, -0.15) is 0 Å². The van der Waals surface area contributed by atoms with Crippen molar-refractivity contribution in [3.05, 3.63) is 308 Å². The third-order valence-electron chi connectivity index (χ3n) is 19.5. The van der Waals surface area contributed by atoms with Gasteiger partial charge in [0.2, 0.25) is 11.2 Å². The summed E-state index contributed by atoms with van der Waals surface area (Å²) in [5.41, 5.74) is 21.4. The zero-order chi connectivity index (χ0) is 61.0. The van der Waals surface area contributed by atoms with E-state index in [0.717, 1.165) is 61.8 Å². The molecule has 432 valence electrons. The van der Waals surface area contributed by atoms with Crippen LogP contribution in [0.4, 0.5) is 0 Å². The third-order valence-corrected chi connectivity index (χ3v) is 19.7. The minimum Gasteiger partial charge on any atom is -0.308 e. The van der Waals surface area contributed by atoms with E-state index in [9.17, 15) is 0 Å². The first-order valence-electron chi connectivity index (χ1n) is 31.6. The first kappa shape index (κ1) is 51.8. The van der Waals surface area contributed by atoms with E-state index in [2.05, 4.69) is 278 Å². The largest absolute Gasteiger partial charge is 0.308 e. The summed E-state index contributed by atoms with van der Waals surface area (Å²) in [7, 11) is 0. The van der Waals surface area contributed by atoms with Crippen molar-refractivity contribution in [2.75, 3.05) is 0 Å². The van der Waals surface area contributed by atoms with E-state index in [1.807, 2.05) is 36.4 Å². The van der Waals surface area contributed by atoms with Crippen LogP contribution < -0.4 is 0 Å². The van der Waals surface area contributed by atoms with E-state index in [-0.39, 0.29) is 5.28 Å². The number of hydrogen-bond acceptors (Lipinski definition) is 4. The van der Waals surface area contributed by atoms with Gasteiger partial charge in [-0.1, -0.05) is 224 Å². The fourth-order valence-corrected chi connectivity index (χ4v) is 15.8. The standard InChI is InChI=1S/C42H24N4.C25H15N.C18H11ClN2/c1-2-12-26-23-27(22-21-25(26)11-1)40-29-14-3-7-17-33(29)43-42(44-40)46-36-20-10-5-15-30(36)38-37(46)24-32-28-13-4-8-18-34(28)45-35-19-9-6-16-31(35)39(38)41(32)45;1-2-8-17-15(7-1)13-16-14-20-18-9-3-5-11-21(18)26-22-12-6-4-10-19(22)24(23(16)17)25(20)26;19-18-20-16-8-4-3-7-15(16)17(21-18)14-10-9-12-5-1-2-6-13(12)11-14/h1-24H;1-12,14H,13H2;1-11H. The highest BCUT2D eigenvalue weighted by Crippen LogP contribution is 2.50. The summed E-state index contributed by atoms with van der Waals surface area (Å²) in [4.78, 5) is 19.4. The molecule has 21 aromatic rings. The lowest BCUT2D eigenvalue weighted by atomic mass is 9.97. The van der Waals surface area contributed by atoms with Crippen molar-refractivity contribution in [1.82, 2.24) is 33.3 Å². The molecule has 7 aromatic heterocycles. The van der Waals surface area contributed by atoms with Gasteiger partial charge in [0.1, 0.15) is 0 Å². The van der Waals surface area contributed by atoms with Crippen molar-refractivity contribution in [2.45, 2.75) is 6.42 Å². The summed E-state index contributed by atoms with van der Waals surface area (Å²) in [5, 5.41) is 20.2. The quantitative estimate of drug-likeness (QED) is 0.165. The zero-order valence-corrected chi connectivity index (χ0v) is 50.7. The predicted octanol–water partition coefficient (Wildman–Crippen LogP) is 22.2. The number of nitrogens with zero attached hydrogens (tertiary/aromatic N) is 7. The maximum Gasteiger partial charge on any atom is 0.235 e. The molecule has 7 heterocycles. The number of benzene rings is 14. The topological polar surface area (TPSA) is 65.3 Å². The van der Waals surface area contributed by atoms with Crippen molar-refractivity contribution in [2.24, 2.45) is 0 Å². The second kappa shape index (κ2) is 20.0. The molecule has 0 amide bonds. The van der Waals surface area contributed by atoms with Gasteiger partial charge in [0.15, 0.2) is 0 Å². The predicted molar refractivity (Wildman–Crippen MR) is 388 cm³/mol. The highest BCUT2D eigenvalue weighted by Gasteiger charge is 2.29. The molecule has 0 fully saturated rings. The molecule has 0 N–H and O–H groups in total. The smallest absolute Gasteiger partial charge is 0.235 e. The Kier molecular flexibility index (Phi) is 11.1. The Balaban J connectivity index is 0.000000107. The molecule has 14 aromatic carbocycles. The summed E-state index contributed by atoms with van der Waals surface area (Å²) in [6, 6.07) is 104. The fourth-order valence-electron chi connectivity index (χ4n) is 15.7. The maximum atomic E-state index is 6.07. The molecule has 93 heavy (non-hydrogen) atoms. The number of para-hydroxylation sites is 7. The van der Waals surface area contributed by atoms with E-state index in [0.29, 0.717) is 5.95 Å². The van der Waals surface area contributed by atoms with E-state index in [1.54, 1.807) is 0 Å². The normalized spacial score (nSPS) is 12.3. The molecule has 1 aliphatic rings. The molecule has 22 rings (SSSR count). The van der Waals surface area contributed by atoms with Gasteiger partial charge < -0.3 is 8.80 Å². The van der Waals surface area contributed by atoms with E-state index < -0.39 is 0 Å². The molecule has 8 heteroatoms. The van der Waals surface area contributed by atoms with Crippen LogP contribution in [0.2, 0.25) is 5.28 Å². The fraction of sp³-hybridized carbons (Fsp3) is 0.0118. The minimum absolute atomic E-state index is 0.275. The minimum atomic E-state index is 0.275. The van der Waals surface area contributed by atoms with Crippen LogP contribution in [0.1, 0.15) is 11.1 Å². The van der Waals surface area contributed by atoms with E-state index in [4.69, 9.17) is 21.6 Å². The van der Waals surface area contributed by atoms with Gasteiger partial charge in [-0.05, 0) is 129 Å². The van der Waals surface area contributed by atoms with Crippen LogP contribution in [0.5, 0.6) is 0 Å². The molecule has 1 aliphatic carbocycles. The Morgan fingerprint density at radius 2 is 0.731 bits per heavy atom. The van der Waals surface area contributed by atoms with Gasteiger partial charge in [0, 0.05) is 75.8 Å². The van der Waals surface area contributed by atoms with Crippen molar-refractivity contribution in [3.8, 4) is 39.6 Å². The summed E-state index contributed by atoms with van der Waals surface area (Å²) < 4.78 is 7.20. The molecular weight excluding hydrogens is 1150 g/mol. The summed E-state index contributed by atoms with van der Waals surface area (Å²) in [5.74, 6) is 0.676. The zero-order valence-electron chi connectivity index (χ0n) is 49.9. The average Bonchev–Trinajstić information content (AvgIpc) is 1.53. The molecule has 7 nitrogen and oxygen atoms in total. The van der Waals surface area contributed by atoms with Gasteiger partial charge in [0.05, 0.1) is 66.6 Å². The lowest BCUT2D eigenvalue weighted by Crippen LogP contribution is -2.03. The molecule has 0 unspecified atom stereocenters. The first-order chi connectivity index (χ1) is 46.1. The van der Waals surface area contributed by atoms with Gasteiger partial charge >= 0.3 is 0 Å². The summed E-state index contributed by atoms with van der Waals surface area (Å²) >= 11 is 6.07. The number of aromatic nitrogens is 7. The van der Waals surface area contributed by atoms with E-state index >= 15 is 0 Å². The Labute approximate surface area is 536 Å². The van der Waals surface area contributed by atoms with Gasteiger partial charge in [-0.25, -0.2) is 19.9 Å². The van der Waals surface area contributed by atoms with Crippen LogP contribution >= 0.6 is 11.6 Å². The summed E-state index contributed by atoms with van der Waals surface area (Å²) in [6.45, 7) is 0. The van der Waals surface area contributed by atoms with Gasteiger partial charge in [0.25, 0.3) is 0 Å². The molecule has 0 radical (unpaired) electrons. The number of halogens is 1. The Hall–Kier alpha value is -12.0. The van der Waals surface area contributed by atoms with Crippen LogP contribution in [0, 0.1) is 0 Å². The average molecular weight is 1200 g/mol. The second-order valence-electron chi connectivity index (χ2n) is 24.5. The molecule has 0 saturated heterocycles. The van der Waals surface area contributed by atoms with Crippen molar-refractivity contribution < 1.29 is 0 Å². The monoisotopic (exact) mass is 1200 g/mol. The first-order valence-corrected chi connectivity index (χ1v) is 32.0. The third kappa shape index (κ3) is 7.66. The Morgan fingerprint density at radius 1 is 0.290 bits per heavy atom. The Morgan fingerprint density at radius 3 is 1.34 bits per heavy atom. The molecule has 0 spiro atoms. The summed E-state index contributed by atoms with van der Waals surface area (Å²) in [6.07, 6.45) is 1.04. The van der Waals surface area contributed by atoms with Crippen LogP contribution in [-0.4, -0.2) is 33.3 Å². The van der Waals surface area contributed by atoms with Crippen LogP contribution in [0.15, 0.2) is 291 Å². The van der Waals surface area contributed by atoms with Crippen molar-refractivity contribution in [1.29, 1.82) is 0 Å². The lowest BCUT2D eigenvalue weighted by Gasteiger charge is -2.12.